The van der Waals surface area contributed by atoms with E-state index in [9.17, 15) is 29.1 Å². The van der Waals surface area contributed by atoms with E-state index in [-0.39, 0.29) is 29.7 Å². The van der Waals surface area contributed by atoms with Gasteiger partial charge in [-0.05, 0) is 30.6 Å². The van der Waals surface area contributed by atoms with Gasteiger partial charge in [-0.1, -0.05) is 27.4 Å². The topological polar surface area (TPSA) is 143 Å². The van der Waals surface area contributed by atoms with Crippen LogP contribution in [-0.4, -0.2) is 64.8 Å². The van der Waals surface area contributed by atoms with Crippen molar-refractivity contribution >= 4 is 29.7 Å². The molecule has 0 heterocycles. The number of hydrogen-bond donors (Lipinski definition) is 1. The second-order valence-corrected chi connectivity index (χ2v) is 12.4. The van der Waals surface area contributed by atoms with Gasteiger partial charge in [-0.25, -0.2) is 0 Å². The first-order valence-corrected chi connectivity index (χ1v) is 13.1. The molecule has 0 unspecified atom stereocenters. The van der Waals surface area contributed by atoms with E-state index in [1.54, 1.807) is 0 Å². The van der Waals surface area contributed by atoms with Crippen molar-refractivity contribution in [2.24, 2.45) is 28.1 Å². The minimum Gasteiger partial charge on any atom is -0.462 e. The van der Waals surface area contributed by atoms with Gasteiger partial charge in [0.25, 0.3) is 0 Å². The van der Waals surface area contributed by atoms with E-state index in [4.69, 9.17) is 18.9 Å². The molecule has 0 amide bonds. The summed E-state index contributed by atoms with van der Waals surface area (Å²) in [5, 5.41) is 11.9. The molecule has 0 radical (unpaired) electrons. The molecule has 38 heavy (non-hydrogen) atoms. The standard InChI is InChI=1S/C28H38O10/c1-13-23(33)28-21(37-16(4)31)11-19-25(6,7)10-9-20(36-15(3)30)26(19,8)22(28)18(35-14(2)29)12-27(13,34)24(28)38-17(5)32/h18-22,24,34H,1,9-12H2,2-8H3/t18-,19+,20+,21+,22-,24-,26-,27+,28+/m0/s1. The Labute approximate surface area is 222 Å². The summed E-state index contributed by atoms with van der Waals surface area (Å²) >= 11 is 0. The summed E-state index contributed by atoms with van der Waals surface area (Å²) in [6, 6.07) is 0. The lowest BCUT2D eigenvalue weighted by Crippen LogP contribution is -2.76. The van der Waals surface area contributed by atoms with Crippen LogP contribution in [0.15, 0.2) is 12.2 Å². The Kier molecular flexibility index (Phi) is 6.61. The van der Waals surface area contributed by atoms with Crippen LogP contribution >= 0.6 is 0 Å². The van der Waals surface area contributed by atoms with Crippen molar-refractivity contribution < 1.29 is 48.0 Å². The van der Waals surface area contributed by atoms with Crippen LogP contribution in [0.2, 0.25) is 0 Å². The van der Waals surface area contributed by atoms with E-state index >= 15 is 0 Å². The highest BCUT2D eigenvalue weighted by molar-refractivity contribution is 6.07. The number of carbonyl (C=O) groups excluding carboxylic acids is 5. The minimum absolute atomic E-state index is 0.178. The van der Waals surface area contributed by atoms with Crippen molar-refractivity contribution in [2.45, 2.75) is 104 Å². The molecule has 0 aliphatic heterocycles. The number of rotatable bonds is 4. The number of ketones is 1. The fraction of sp³-hybridized carbons (Fsp3) is 0.750. The van der Waals surface area contributed by atoms with Gasteiger partial charge in [-0.3, -0.25) is 24.0 Å². The SMILES string of the molecule is C=C1C(=O)[C@]23[C@@H](OC(C)=O)[C@@]1(O)C[C@H](OC(C)=O)[C@H]2[C@@]1(C)[C@H](C[C@H]3OC(C)=O)C(C)(C)CC[C@H]1OC(C)=O. The highest BCUT2D eigenvalue weighted by Crippen LogP contribution is 2.73. The number of carbonyl (C=O) groups is 5. The van der Waals surface area contributed by atoms with Crippen molar-refractivity contribution in [1.29, 1.82) is 0 Å². The quantitative estimate of drug-likeness (QED) is 0.325. The lowest BCUT2D eigenvalue weighted by molar-refractivity contribution is -0.298. The first kappa shape index (κ1) is 28.3. The molecule has 4 aliphatic rings. The summed E-state index contributed by atoms with van der Waals surface area (Å²) in [5.41, 5.74) is -5.41. The maximum Gasteiger partial charge on any atom is 0.303 e. The predicted molar refractivity (Wildman–Crippen MR) is 131 cm³/mol. The van der Waals surface area contributed by atoms with E-state index in [1.807, 2.05) is 6.92 Å². The van der Waals surface area contributed by atoms with Crippen LogP contribution in [0.5, 0.6) is 0 Å². The van der Waals surface area contributed by atoms with Gasteiger partial charge in [0.2, 0.25) is 0 Å². The molecule has 4 rings (SSSR count). The maximum absolute atomic E-state index is 14.4. The minimum atomic E-state index is -2.05. The average molecular weight is 535 g/mol. The third kappa shape index (κ3) is 3.73. The van der Waals surface area contributed by atoms with Gasteiger partial charge in [0.05, 0.1) is 0 Å². The molecule has 10 nitrogen and oxygen atoms in total. The maximum atomic E-state index is 14.4. The number of Topliss-reactive ketones (excluding diaryl/α,β-unsaturated/α-hetero) is 1. The van der Waals surface area contributed by atoms with Crippen LogP contribution in [-0.2, 0) is 42.9 Å². The summed E-state index contributed by atoms with van der Waals surface area (Å²) in [6.07, 6.45) is -3.22. The fourth-order valence-corrected chi connectivity index (χ4v) is 8.70. The summed E-state index contributed by atoms with van der Waals surface area (Å²) in [6.45, 7) is 14.9. The van der Waals surface area contributed by atoms with Gasteiger partial charge in [0, 0.05) is 51.0 Å². The van der Waals surface area contributed by atoms with E-state index in [1.165, 1.54) is 27.7 Å². The molecule has 9 atom stereocenters. The van der Waals surface area contributed by atoms with Crippen LogP contribution < -0.4 is 0 Å². The van der Waals surface area contributed by atoms with Crippen molar-refractivity contribution in [3.63, 3.8) is 0 Å². The first-order valence-electron chi connectivity index (χ1n) is 13.1. The zero-order valence-corrected chi connectivity index (χ0v) is 23.1. The number of ether oxygens (including phenoxy) is 4. The Hall–Kier alpha value is -2.75. The fourth-order valence-electron chi connectivity index (χ4n) is 8.70. The lowest BCUT2D eigenvalue weighted by Gasteiger charge is -2.68. The van der Waals surface area contributed by atoms with Crippen molar-refractivity contribution in [3.05, 3.63) is 12.2 Å². The van der Waals surface area contributed by atoms with Crippen molar-refractivity contribution in [3.8, 4) is 0 Å². The van der Waals surface area contributed by atoms with E-state index in [0.717, 1.165) is 0 Å². The molecule has 210 valence electrons. The average Bonchev–Trinajstić information content (AvgIpc) is 2.85. The molecular weight excluding hydrogens is 496 g/mol. The highest BCUT2D eigenvalue weighted by atomic mass is 16.6. The molecule has 0 aromatic carbocycles. The van der Waals surface area contributed by atoms with Gasteiger partial charge in [-0.2, -0.15) is 0 Å². The Balaban J connectivity index is 2.09. The molecule has 0 aromatic rings. The summed E-state index contributed by atoms with van der Waals surface area (Å²) in [7, 11) is 0. The van der Waals surface area contributed by atoms with Gasteiger partial charge in [0.1, 0.15) is 29.3 Å². The third-order valence-corrected chi connectivity index (χ3v) is 9.77. The zero-order valence-electron chi connectivity index (χ0n) is 23.1. The highest BCUT2D eigenvalue weighted by Gasteiger charge is 2.84. The second kappa shape index (κ2) is 8.89. The molecule has 1 spiro atoms. The lowest BCUT2D eigenvalue weighted by atomic mass is 9.38. The van der Waals surface area contributed by atoms with Crippen LogP contribution in [0.3, 0.4) is 0 Å². The Morgan fingerprint density at radius 1 is 0.868 bits per heavy atom. The van der Waals surface area contributed by atoms with Crippen LogP contribution in [0.25, 0.3) is 0 Å². The predicted octanol–water partition coefficient (Wildman–Crippen LogP) is 2.44. The number of hydrogen-bond acceptors (Lipinski definition) is 10. The number of aliphatic hydroxyl groups is 1. The molecule has 10 heteroatoms. The van der Waals surface area contributed by atoms with Crippen molar-refractivity contribution in [1.82, 2.24) is 0 Å². The molecule has 1 N–H and O–H groups in total. The second-order valence-electron chi connectivity index (χ2n) is 12.4. The van der Waals surface area contributed by atoms with Gasteiger partial charge in [-0.15, -0.1) is 0 Å². The summed E-state index contributed by atoms with van der Waals surface area (Å²) in [5.74, 6) is -4.34. The summed E-state index contributed by atoms with van der Waals surface area (Å²) in [4.78, 5) is 63.9. The van der Waals surface area contributed by atoms with E-state index in [0.29, 0.717) is 12.8 Å². The van der Waals surface area contributed by atoms with Crippen LogP contribution in [0, 0.1) is 28.1 Å². The smallest absolute Gasteiger partial charge is 0.303 e. The Bertz CT molecular complexity index is 1110. The van der Waals surface area contributed by atoms with Gasteiger partial charge >= 0.3 is 23.9 Å². The zero-order chi connectivity index (χ0) is 28.6. The molecule has 4 fully saturated rings. The summed E-state index contributed by atoms with van der Waals surface area (Å²) < 4.78 is 23.3. The first-order chi connectivity index (χ1) is 17.4. The molecule has 2 bridgehead atoms. The third-order valence-electron chi connectivity index (χ3n) is 9.77. The molecule has 4 saturated carbocycles. The van der Waals surface area contributed by atoms with Gasteiger partial charge in [0.15, 0.2) is 11.9 Å². The van der Waals surface area contributed by atoms with Crippen LogP contribution in [0.1, 0.15) is 74.1 Å². The molecule has 0 saturated heterocycles. The monoisotopic (exact) mass is 534 g/mol. The number of fused-ring (bicyclic) bond motifs is 3. The normalized spacial score (nSPS) is 42.8. The Morgan fingerprint density at radius 3 is 1.92 bits per heavy atom. The van der Waals surface area contributed by atoms with E-state index in [2.05, 4.69) is 20.4 Å². The molecule has 0 aromatic heterocycles. The Morgan fingerprint density at radius 2 is 1.39 bits per heavy atom. The van der Waals surface area contributed by atoms with Crippen molar-refractivity contribution in [2.75, 3.05) is 0 Å². The largest absolute Gasteiger partial charge is 0.462 e. The number of esters is 4. The van der Waals surface area contributed by atoms with E-state index < -0.39 is 76.4 Å². The van der Waals surface area contributed by atoms with Gasteiger partial charge < -0.3 is 24.1 Å². The molecular formula is C28H38O10. The van der Waals surface area contributed by atoms with Crippen LogP contribution in [0.4, 0.5) is 0 Å². The molecule has 4 aliphatic carbocycles.